The van der Waals surface area contributed by atoms with Crippen LogP contribution in [0.4, 0.5) is 17.1 Å². The fourth-order valence-electron chi connectivity index (χ4n) is 7.40. The monoisotopic (exact) mass is 687 g/mol. The van der Waals surface area contributed by atoms with E-state index in [0.29, 0.717) is 0 Å². The number of fused-ring (bicyclic) bond motifs is 6. The van der Waals surface area contributed by atoms with Gasteiger partial charge in [-0.15, -0.1) is 0 Å². The first-order valence-electron chi connectivity index (χ1n) is 15.9. The quantitative estimate of drug-likeness (QED) is 0.178. The Kier molecular flexibility index (Phi) is 6.30. The Morgan fingerprint density at radius 3 is 1.78 bits per heavy atom. The van der Waals surface area contributed by atoms with Crippen LogP contribution in [0, 0.1) is 0 Å². The third-order valence-electron chi connectivity index (χ3n) is 9.75. The van der Waals surface area contributed by atoms with Crippen LogP contribution >= 0.6 is 35.2 Å². The van der Waals surface area contributed by atoms with Gasteiger partial charge >= 0.3 is 0 Å². The minimum absolute atomic E-state index is 0.0518. The second-order valence-electron chi connectivity index (χ2n) is 12.7. The van der Waals surface area contributed by atoms with Crippen LogP contribution in [-0.4, -0.2) is 26.2 Å². The number of benzene rings is 6. The van der Waals surface area contributed by atoms with Crippen LogP contribution < -0.4 is 4.90 Å². The summed E-state index contributed by atoms with van der Waals surface area (Å²) in [4.78, 5) is 2.21. The van der Waals surface area contributed by atoms with Gasteiger partial charge in [-0.05, 0) is 75.8 Å². The van der Waals surface area contributed by atoms with Crippen molar-refractivity contribution in [2.24, 2.45) is 0 Å². The van der Waals surface area contributed by atoms with Crippen molar-refractivity contribution in [3.05, 3.63) is 126 Å². The van der Waals surface area contributed by atoms with Crippen molar-refractivity contribution in [3.63, 3.8) is 0 Å². The molecule has 0 spiro atoms. The molecule has 0 unspecified atom stereocenters. The number of hydrogen-bond donors (Lipinski definition) is 0. The highest BCUT2D eigenvalue weighted by atomic mass is 32.1. The molecule has 9 aromatic rings. The van der Waals surface area contributed by atoms with Crippen LogP contribution in [0.3, 0.4) is 0 Å². The van der Waals surface area contributed by atoms with Crippen molar-refractivity contribution < 1.29 is 0 Å². The largest absolute Gasteiger partial charge is 0.304 e. The average molecular weight is 688 g/mol. The fourth-order valence-corrected chi connectivity index (χ4v) is 9.08. The first-order valence-corrected chi connectivity index (χ1v) is 18.1. The molecule has 0 saturated heterocycles. The number of rotatable bonds is 5. The van der Waals surface area contributed by atoms with Crippen molar-refractivity contribution in [3.8, 4) is 33.4 Å². The maximum absolute atomic E-state index is 4.93. The smallest absolute Gasteiger partial charge is 0.129 e. The van der Waals surface area contributed by atoms with Crippen molar-refractivity contribution in [2.75, 3.05) is 4.90 Å². The SMILES string of the molecule is CC1(C)c2ccccc2-c2cc(-c3ccc(N(c4cccc5nsnc45)c4ccc(-c5ccccc5)c5nsnc45)c4nsnc34)ccc21. The number of anilines is 3. The Morgan fingerprint density at radius 2 is 1.02 bits per heavy atom. The fraction of sp³-hybridized carbons (Fsp3) is 0.0769. The van der Waals surface area contributed by atoms with Gasteiger partial charge < -0.3 is 4.90 Å². The van der Waals surface area contributed by atoms with Gasteiger partial charge in [-0.2, -0.15) is 26.2 Å². The second-order valence-corrected chi connectivity index (χ2v) is 14.3. The van der Waals surface area contributed by atoms with Gasteiger partial charge in [0.2, 0.25) is 0 Å². The Morgan fingerprint density at radius 1 is 0.429 bits per heavy atom. The summed E-state index contributed by atoms with van der Waals surface area (Å²) in [5.74, 6) is 0. The highest BCUT2D eigenvalue weighted by molar-refractivity contribution is 7.00. The number of hydrogen-bond acceptors (Lipinski definition) is 10. The van der Waals surface area contributed by atoms with Gasteiger partial charge in [-0.1, -0.05) is 86.6 Å². The number of nitrogens with zero attached hydrogens (tertiary/aromatic N) is 7. The molecule has 3 aromatic heterocycles. The van der Waals surface area contributed by atoms with Crippen molar-refractivity contribution in [2.45, 2.75) is 19.3 Å². The van der Waals surface area contributed by atoms with Crippen LogP contribution in [0.1, 0.15) is 25.0 Å². The summed E-state index contributed by atoms with van der Waals surface area (Å²) in [6.45, 7) is 4.62. The summed E-state index contributed by atoms with van der Waals surface area (Å²) in [7, 11) is 0. The molecule has 6 aromatic carbocycles. The van der Waals surface area contributed by atoms with E-state index in [-0.39, 0.29) is 5.41 Å². The van der Waals surface area contributed by atoms with Crippen molar-refractivity contribution in [1.82, 2.24) is 26.2 Å². The van der Waals surface area contributed by atoms with Crippen LogP contribution in [0.2, 0.25) is 0 Å². The lowest BCUT2D eigenvalue weighted by Gasteiger charge is -2.26. The molecule has 7 nitrogen and oxygen atoms in total. The third kappa shape index (κ3) is 4.24. The standard InChI is InChI=1S/C39H25N7S3/c1-39(2)28-12-7-6-11-26(28)27-21-23(15-18-29(27)39)25-17-20-33(38-35(25)42-49-45-38)46(31-14-8-13-30-36(31)43-47-40-30)32-19-16-24(22-9-4-3-5-10-22)34-37(32)44-48-41-34/h3-21H,1-2H3. The number of aromatic nitrogens is 6. The Balaban J connectivity index is 1.19. The Hall–Kier alpha value is -5.42. The molecule has 10 heteroatoms. The lowest BCUT2D eigenvalue weighted by Crippen LogP contribution is -2.14. The molecule has 10 rings (SSSR count). The summed E-state index contributed by atoms with van der Waals surface area (Å²) in [6.07, 6.45) is 0. The van der Waals surface area contributed by atoms with Gasteiger partial charge in [-0.25, -0.2) is 0 Å². The molecule has 0 fully saturated rings. The molecule has 0 saturated carbocycles. The Bertz CT molecular complexity index is 2730. The van der Waals surface area contributed by atoms with E-state index in [0.717, 1.165) is 72.4 Å². The topological polar surface area (TPSA) is 80.6 Å². The first kappa shape index (κ1) is 28.6. The van der Waals surface area contributed by atoms with E-state index < -0.39 is 0 Å². The van der Waals surface area contributed by atoms with E-state index in [9.17, 15) is 0 Å². The molecule has 1 aliphatic carbocycles. The van der Waals surface area contributed by atoms with E-state index in [4.69, 9.17) is 21.9 Å². The molecule has 0 bridgehead atoms. The highest BCUT2D eigenvalue weighted by Gasteiger charge is 2.35. The van der Waals surface area contributed by atoms with Gasteiger partial charge in [0.15, 0.2) is 0 Å². The van der Waals surface area contributed by atoms with E-state index in [2.05, 4.69) is 108 Å². The van der Waals surface area contributed by atoms with E-state index >= 15 is 0 Å². The summed E-state index contributed by atoms with van der Waals surface area (Å²) in [5, 5.41) is 0. The minimum atomic E-state index is -0.0518. The third-order valence-corrected chi connectivity index (χ3v) is 11.4. The van der Waals surface area contributed by atoms with Crippen LogP contribution in [0.5, 0.6) is 0 Å². The lowest BCUT2D eigenvalue weighted by molar-refractivity contribution is 0.660. The summed E-state index contributed by atoms with van der Waals surface area (Å²) in [5.41, 5.74) is 17.2. The summed E-state index contributed by atoms with van der Waals surface area (Å²) >= 11 is 3.66. The maximum Gasteiger partial charge on any atom is 0.129 e. The van der Waals surface area contributed by atoms with E-state index in [1.807, 2.05) is 30.3 Å². The van der Waals surface area contributed by atoms with Crippen LogP contribution in [-0.2, 0) is 5.41 Å². The molecular formula is C39H25N7S3. The predicted octanol–water partition coefficient (Wildman–Crippen LogP) is 10.8. The zero-order valence-corrected chi connectivity index (χ0v) is 28.8. The molecule has 49 heavy (non-hydrogen) atoms. The minimum Gasteiger partial charge on any atom is -0.304 e. The molecular weight excluding hydrogens is 663 g/mol. The molecule has 0 amide bonds. The molecule has 234 valence electrons. The zero-order valence-electron chi connectivity index (χ0n) is 26.3. The van der Waals surface area contributed by atoms with Gasteiger partial charge in [-0.3, -0.25) is 0 Å². The molecule has 1 aliphatic rings. The van der Waals surface area contributed by atoms with Crippen LogP contribution in [0.15, 0.2) is 115 Å². The lowest BCUT2D eigenvalue weighted by atomic mass is 9.82. The molecule has 3 heterocycles. The molecule has 0 radical (unpaired) electrons. The molecule has 0 atom stereocenters. The van der Waals surface area contributed by atoms with Gasteiger partial charge in [0, 0.05) is 16.5 Å². The average Bonchev–Trinajstić information content (AvgIpc) is 3.96. The van der Waals surface area contributed by atoms with Crippen molar-refractivity contribution in [1.29, 1.82) is 0 Å². The molecule has 0 N–H and O–H groups in total. The normalized spacial score (nSPS) is 13.3. The second kappa shape index (κ2) is 10.8. The highest BCUT2D eigenvalue weighted by Crippen LogP contribution is 2.51. The van der Waals surface area contributed by atoms with Gasteiger partial charge in [0.05, 0.1) is 52.2 Å². The van der Waals surface area contributed by atoms with E-state index in [1.165, 1.54) is 57.4 Å². The van der Waals surface area contributed by atoms with Gasteiger partial charge in [0.1, 0.15) is 33.1 Å². The zero-order chi connectivity index (χ0) is 32.7. The molecule has 0 aliphatic heterocycles. The maximum atomic E-state index is 4.93. The Labute approximate surface area is 294 Å². The van der Waals surface area contributed by atoms with Crippen LogP contribution in [0.25, 0.3) is 66.5 Å². The van der Waals surface area contributed by atoms with Crippen molar-refractivity contribution >= 4 is 85.3 Å². The summed E-state index contributed by atoms with van der Waals surface area (Å²) in [6, 6.07) is 40.6. The first-order chi connectivity index (χ1) is 24.1. The summed E-state index contributed by atoms with van der Waals surface area (Å²) < 4.78 is 28.8. The predicted molar refractivity (Wildman–Crippen MR) is 202 cm³/mol. The van der Waals surface area contributed by atoms with E-state index in [1.54, 1.807) is 0 Å². The van der Waals surface area contributed by atoms with Gasteiger partial charge in [0.25, 0.3) is 0 Å².